The number of hydrogen-bond donors (Lipinski definition) is 2. The highest BCUT2D eigenvalue weighted by Crippen LogP contribution is 2.33. The number of amides is 1. The van der Waals surface area contributed by atoms with Crippen LogP contribution in [0.5, 0.6) is 0 Å². The Morgan fingerprint density at radius 1 is 1.11 bits per heavy atom. The number of aliphatic hydroxyl groups excluding tert-OH is 1. The number of sulfonamides is 2. The first-order valence-corrected chi connectivity index (χ1v) is 18.7. The molecule has 3 aromatic rings. The van der Waals surface area contributed by atoms with Gasteiger partial charge in [-0.25, -0.2) is 21.6 Å². The van der Waals surface area contributed by atoms with Crippen LogP contribution in [0, 0.1) is 11.8 Å². The third kappa shape index (κ3) is 8.49. The summed E-state index contributed by atoms with van der Waals surface area (Å²) in [5.74, 6) is -0.176. The minimum absolute atomic E-state index is 0.0695. The van der Waals surface area contributed by atoms with E-state index in [9.17, 15) is 26.7 Å². The van der Waals surface area contributed by atoms with Crippen LogP contribution in [0.25, 0.3) is 11.0 Å². The largest absolute Gasteiger partial charge is 0.443 e. The molecule has 5 rings (SSSR count). The first-order chi connectivity index (χ1) is 22.2. The van der Waals surface area contributed by atoms with Gasteiger partial charge in [0.25, 0.3) is 0 Å². The smallest absolute Gasteiger partial charge is 0.407 e. The first-order valence-electron chi connectivity index (χ1n) is 15.4. The van der Waals surface area contributed by atoms with Gasteiger partial charge in [0.2, 0.25) is 20.0 Å². The van der Waals surface area contributed by atoms with Crippen molar-refractivity contribution in [1.29, 1.82) is 0 Å². The average Bonchev–Trinajstić information content (AvgIpc) is 3.74. The third-order valence-electron chi connectivity index (χ3n) is 8.36. The summed E-state index contributed by atoms with van der Waals surface area (Å²) < 4.78 is 76.6. The lowest BCUT2D eigenvalue weighted by atomic mass is 10.0. The van der Waals surface area contributed by atoms with Crippen molar-refractivity contribution >= 4 is 37.1 Å². The van der Waals surface area contributed by atoms with Crippen LogP contribution < -0.4 is 5.32 Å². The second kappa shape index (κ2) is 14.6. The van der Waals surface area contributed by atoms with Crippen LogP contribution >= 0.6 is 0 Å². The number of fused-ring (bicyclic) bond motifs is 2. The number of benzene rings is 2. The second-order valence-corrected chi connectivity index (χ2v) is 16.5. The number of ether oxygens (including phenoxy) is 3. The molecule has 2 aliphatic rings. The highest BCUT2D eigenvalue weighted by atomic mass is 32.2. The molecule has 0 bridgehead atoms. The van der Waals surface area contributed by atoms with Crippen molar-refractivity contribution < 1.29 is 45.5 Å². The van der Waals surface area contributed by atoms with E-state index in [1.807, 2.05) is 44.2 Å². The van der Waals surface area contributed by atoms with E-state index in [0.717, 1.165) is 16.1 Å². The zero-order valence-corrected chi connectivity index (χ0v) is 28.4. The number of hydrogen-bond acceptors (Lipinski definition) is 11. The van der Waals surface area contributed by atoms with Crippen molar-refractivity contribution in [1.82, 2.24) is 19.1 Å². The Kier molecular flexibility index (Phi) is 10.9. The summed E-state index contributed by atoms with van der Waals surface area (Å²) in [6.07, 6.45) is -0.982. The van der Waals surface area contributed by atoms with Gasteiger partial charge < -0.3 is 29.2 Å². The number of carbonyl (C=O) groups is 1. The molecule has 2 fully saturated rings. The summed E-state index contributed by atoms with van der Waals surface area (Å²) in [6, 6.07) is 12.6. The van der Waals surface area contributed by atoms with Gasteiger partial charge in [0.1, 0.15) is 11.8 Å². The lowest BCUT2D eigenvalue weighted by molar-refractivity contribution is -0.0907. The molecule has 3 heterocycles. The summed E-state index contributed by atoms with van der Waals surface area (Å²) in [5.41, 5.74) is 1.38. The Hall–Kier alpha value is -3.12. The van der Waals surface area contributed by atoms with E-state index in [-0.39, 0.29) is 55.1 Å². The van der Waals surface area contributed by atoms with Gasteiger partial charge in [-0.1, -0.05) is 49.3 Å². The molecular formula is C31H42N4O10S2. The molecule has 5 atom stereocenters. The molecule has 0 spiro atoms. The Morgan fingerprint density at radius 2 is 1.85 bits per heavy atom. The molecule has 1 aromatic heterocycles. The Balaban J connectivity index is 1.37. The zero-order valence-electron chi connectivity index (χ0n) is 26.8. The average molecular weight is 695 g/mol. The van der Waals surface area contributed by atoms with Gasteiger partial charge >= 0.3 is 6.09 Å². The van der Waals surface area contributed by atoms with Gasteiger partial charge in [-0.15, -0.1) is 0 Å². The number of nitrogens with zero attached hydrogens (tertiary/aromatic N) is 3. The summed E-state index contributed by atoms with van der Waals surface area (Å²) in [4.78, 5) is 13.0. The Bertz CT molecular complexity index is 1750. The van der Waals surface area contributed by atoms with Crippen molar-refractivity contribution in [3.63, 3.8) is 0 Å². The SMILES string of the molecule is CC(C)CN(C[C@@H](O)[C@H](Cc1ccccc1)NC(=O)O[C@H]1CO[C@H]2OCC[C@H]21)S(=O)(=O)c1ccc2onc(CN(C)S(C)(=O)=O)c2c1. The van der Waals surface area contributed by atoms with Crippen LogP contribution in [0.3, 0.4) is 0 Å². The van der Waals surface area contributed by atoms with Gasteiger partial charge in [-0.05, 0) is 42.5 Å². The quantitative estimate of drug-likeness (QED) is 0.253. The molecule has 1 amide bonds. The summed E-state index contributed by atoms with van der Waals surface area (Å²) >= 11 is 0. The van der Waals surface area contributed by atoms with Crippen LogP contribution in [0.1, 0.15) is 31.5 Å². The predicted octanol–water partition coefficient (Wildman–Crippen LogP) is 2.33. The van der Waals surface area contributed by atoms with Crippen molar-refractivity contribution in [2.75, 3.05) is 39.6 Å². The van der Waals surface area contributed by atoms with Crippen LogP contribution in [-0.4, -0.2) is 106 Å². The Morgan fingerprint density at radius 3 is 2.55 bits per heavy atom. The van der Waals surface area contributed by atoms with Crippen LogP contribution in [0.4, 0.5) is 4.79 Å². The lowest BCUT2D eigenvalue weighted by Gasteiger charge is -2.31. The molecule has 2 aliphatic heterocycles. The second-order valence-electron chi connectivity index (χ2n) is 12.5. The molecule has 258 valence electrons. The maximum Gasteiger partial charge on any atom is 0.407 e. The highest BCUT2D eigenvalue weighted by molar-refractivity contribution is 7.89. The van der Waals surface area contributed by atoms with Crippen molar-refractivity contribution in [2.45, 2.75) is 62.7 Å². The Labute approximate surface area is 275 Å². The van der Waals surface area contributed by atoms with E-state index >= 15 is 0 Å². The first kappa shape index (κ1) is 35.2. The summed E-state index contributed by atoms with van der Waals surface area (Å²) in [6.45, 7) is 4.09. The lowest BCUT2D eigenvalue weighted by Crippen LogP contribution is -2.51. The topological polar surface area (TPSA) is 178 Å². The standard InChI is InChI=1S/C31H42N4O10S2/c1-20(2)16-35(47(40,41)22-10-11-28-24(15-22)26(33-45-28)17-34(3)46(4,38)39)18-27(36)25(14-21-8-6-5-7-9-21)32-31(37)44-29-19-43-30-23(29)12-13-42-30/h5-11,15,20,23,25,27,29-30,36H,12-14,16-19H2,1-4H3,(H,32,37)/t23-,25-,27+,29-,30+/m0/s1. The minimum Gasteiger partial charge on any atom is -0.443 e. The number of rotatable bonds is 14. The molecule has 0 aliphatic carbocycles. The maximum atomic E-state index is 14.1. The molecule has 14 nitrogen and oxygen atoms in total. The molecule has 47 heavy (non-hydrogen) atoms. The zero-order chi connectivity index (χ0) is 33.9. The monoisotopic (exact) mass is 694 g/mol. The fourth-order valence-corrected chi connectivity index (χ4v) is 7.76. The van der Waals surface area contributed by atoms with E-state index in [2.05, 4.69) is 10.5 Å². The number of carbonyl (C=O) groups excluding carboxylic acids is 1. The molecule has 2 saturated heterocycles. The molecular weight excluding hydrogens is 652 g/mol. The van der Waals surface area contributed by atoms with Crippen LogP contribution in [0.2, 0.25) is 0 Å². The molecule has 2 N–H and O–H groups in total. The molecule has 2 aromatic carbocycles. The third-order valence-corrected chi connectivity index (χ3v) is 11.5. The van der Waals surface area contributed by atoms with Gasteiger partial charge in [0, 0.05) is 25.5 Å². The molecule has 0 radical (unpaired) electrons. The molecule has 0 unspecified atom stereocenters. The van der Waals surface area contributed by atoms with Crippen LogP contribution in [-0.2, 0) is 47.2 Å². The normalized spacial score (nSPS) is 21.4. The van der Waals surface area contributed by atoms with Crippen LogP contribution in [0.15, 0.2) is 57.9 Å². The number of aliphatic hydroxyl groups is 1. The van der Waals surface area contributed by atoms with Crippen molar-refractivity contribution in [3.05, 3.63) is 59.8 Å². The minimum atomic E-state index is -4.20. The van der Waals surface area contributed by atoms with Gasteiger partial charge in [-0.3, -0.25) is 0 Å². The number of alkyl carbamates (subject to hydrolysis) is 1. The number of nitrogens with one attached hydrogen (secondary N) is 1. The maximum absolute atomic E-state index is 14.1. The summed E-state index contributed by atoms with van der Waals surface area (Å²) in [5, 5.41) is 18.7. The van der Waals surface area contributed by atoms with Gasteiger partial charge in [0.15, 0.2) is 11.9 Å². The van der Waals surface area contributed by atoms with E-state index < -0.39 is 50.7 Å². The summed E-state index contributed by atoms with van der Waals surface area (Å²) in [7, 11) is -6.34. The fraction of sp³-hybridized carbons (Fsp3) is 0.548. The van der Waals surface area contributed by atoms with E-state index in [4.69, 9.17) is 18.7 Å². The van der Waals surface area contributed by atoms with E-state index in [0.29, 0.717) is 24.0 Å². The van der Waals surface area contributed by atoms with Crippen molar-refractivity contribution in [2.24, 2.45) is 11.8 Å². The molecule has 16 heteroatoms. The van der Waals surface area contributed by atoms with Gasteiger partial charge in [0.05, 0.1) is 49.0 Å². The molecule has 0 saturated carbocycles. The van der Waals surface area contributed by atoms with E-state index in [1.165, 1.54) is 29.6 Å². The van der Waals surface area contributed by atoms with E-state index in [1.54, 1.807) is 0 Å². The number of aromatic nitrogens is 1. The van der Waals surface area contributed by atoms with Crippen molar-refractivity contribution in [3.8, 4) is 0 Å². The fourth-order valence-electron chi connectivity index (χ4n) is 5.76. The predicted molar refractivity (Wildman–Crippen MR) is 171 cm³/mol. The highest BCUT2D eigenvalue weighted by Gasteiger charge is 2.44. The van der Waals surface area contributed by atoms with Gasteiger partial charge in [-0.2, -0.15) is 8.61 Å².